The van der Waals surface area contributed by atoms with Gasteiger partial charge in [-0.25, -0.2) is 4.79 Å². The van der Waals surface area contributed by atoms with Crippen molar-refractivity contribution in [1.29, 1.82) is 0 Å². The highest BCUT2D eigenvalue weighted by Crippen LogP contribution is 2.35. The quantitative estimate of drug-likeness (QED) is 0.616. The molecule has 0 saturated heterocycles. The summed E-state index contributed by atoms with van der Waals surface area (Å²) in [6, 6.07) is 0. The minimum Gasteiger partial charge on any atom is -0.479 e. The fraction of sp³-hybridized carbons (Fsp3) is 0.923. The Morgan fingerprint density at radius 2 is 2.06 bits per heavy atom. The van der Waals surface area contributed by atoms with Gasteiger partial charge in [0.2, 0.25) is 0 Å². The highest BCUT2D eigenvalue weighted by Gasteiger charge is 2.37. The standard InChI is InChI=1S/C13H24O3/c1-3-4-5-6-7-10(2)16-12(13(14)15)11-8-9-11/h10-12H,3-9H2,1-2H3,(H,14,15). The van der Waals surface area contributed by atoms with Gasteiger partial charge in [0.25, 0.3) is 0 Å². The summed E-state index contributed by atoms with van der Waals surface area (Å²) in [5.41, 5.74) is 0. The van der Waals surface area contributed by atoms with Gasteiger partial charge in [-0.05, 0) is 32.1 Å². The van der Waals surface area contributed by atoms with E-state index in [4.69, 9.17) is 9.84 Å². The minimum absolute atomic E-state index is 0.0820. The van der Waals surface area contributed by atoms with Gasteiger partial charge in [0.15, 0.2) is 6.10 Å². The number of carboxylic acids is 1. The van der Waals surface area contributed by atoms with Crippen molar-refractivity contribution >= 4 is 5.97 Å². The molecule has 0 aromatic rings. The summed E-state index contributed by atoms with van der Waals surface area (Å²) in [6.07, 6.45) is 7.40. The van der Waals surface area contributed by atoms with Gasteiger partial charge < -0.3 is 9.84 Å². The summed E-state index contributed by atoms with van der Waals surface area (Å²) < 4.78 is 5.62. The molecule has 0 heterocycles. The Labute approximate surface area is 98.2 Å². The number of carboxylic acid groups (broad SMARTS) is 1. The largest absolute Gasteiger partial charge is 0.479 e. The molecule has 1 N–H and O–H groups in total. The van der Waals surface area contributed by atoms with Gasteiger partial charge in [0.1, 0.15) is 0 Å². The molecule has 16 heavy (non-hydrogen) atoms. The van der Waals surface area contributed by atoms with Crippen molar-refractivity contribution < 1.29 is 14.6 Å². The van der Waals surface area contributed by atoms with E-state index >= 15 is 0 Å². The van der Waals surface area contributed by atoms with Crippen LogP contribution in [-0.2, 0) is 9.53 Å². The summed E-state index contributed by atoms with van der Waals surface area (Å²) in [5.74, 6) is -0.515. The molecule has 0 aromatic heterocycles. The van der Waals surface area contributed by atoms with E-state index < -0.39 is 12.1 Å². The highest BCUT2D eigenvalue weighted by atomic mass is 16.5. The Morgan fingerprint density at radius 3 is 2.56 bits per heavy atom. The van der Waals surface area contributed by atoms with Crippen molar-refractivity contribution in [3.05, 3.63) is 0 Å². The van der Waals surface area contributed by atoms with E-state index in [1.165, 1.54) is 19.3 Å². The van der Waals surface area contributed by atoms with Crippen molar-refractivity contribution in [2.24, 2.45) is 5.92 Å². The first-order valence-corrected chi connectivity index (χ1v) is 6.53. The van der Waals surface area contributed by atoms with Gasteiger partial charge in [-0.2, -0.15) is 0 Å². The lowest BCUT2D eigenvalue weighted by Crippen LogP contribution is -2.30. The summed E-state index contributed by atoms with van der Waals surface area (Å²) in [5, 5.41) is 9.02. The summed E-state index contributed by atoms with van der Waals surface area (Å²) in [7, 11) is 0. The Morgan fingerprint density at radius 1 is 1.38 bits per heavy atom. The zero-order chi connectivity index (χ0) is 12.0. The van der Waals surface area contributed by atoms with E-state index in [1.54, 1.807) is 0 Å². The van der Waals surface area contributed by atoms with Gasteiger partial charge in [-0.3, -0.25) is 0 Å². The molecule has 0 aliphatic heterocycles. The molecule has 3 heteroatoms. The van der Waals surface area contributed by atoms with E-state index in [0.717, 1.165) is 25.7 Å². The van der Waals surface area contributed by atoms with E-state index in [0.29, 0.717) is 0 Å². The molecule has 0 aromatic carbocycles. The van der Waals surface area contributed by atoms with Crippen LogP contribution in [0.1, 0.15) is 58.8 Å². The maximum absolute atomic E-state index is 11.0. The Kier molecular flexibility index (Phi) is 5.81. The molecular formula is C13H24O3. The lowest BCUT2D eigenvalue weighted by Gasteiger charge is -2.18. The van der Waals surface area contributed by atoms with E-state index in [-0.39, 0.29) is 12.0 Å². The van der Waals surface area contributed by atoms with Crippen LogP contribution in [0.4, 0.5) is 0 Å². The first kappa shape index (κ1) is 13.5. The second kappa shape index (κ2) is 6.89. The zero-order valence-corrected chi connectivity index (χ0v) is 10.4. The maximum Gasteiger partial charge on any atom is 0.333 e. The normalized spacial score (nSPS) is 19.4. The number of rotatable bonds is 9. The van der Waals surface area contributed by atoms with Gasteiger partial charge in [0, 0.05) is 0 Å². The van der Waals surface area contributed by atoms with Crippen molar-refractivity contribution in [3.63, 3.8) is 0 Å². The number of ether oxygens (including phenoxy) is 1. The number of unbranched alkanes of at least 4 members (excludes halogenated alkanes) is 3. The van der Waals surface area contributed by atoms with E-state index in [2.05, 4.69) is 6.92 Å². The third-order valence-corrected chi connectivity index (χ3v) is 3.14. The molecule has 0 spiro atoms. The summed E-state index contributed by atoms with van der Waals surface area (Å²) in [4.78, 5) is 11.0. The molecule has 2 atom stereocenters. The van der Waals surface area contributed by atoms with Crippen LogP contribution >= 0.6 is 0 Å². The second-order valence-electron chi connectivity index (χ2n) is 4.89. The molecule has 1 aliphatic carbocycles. The third kappa shape index (κ3) is 4.97. The van der Waals surface area contributed by atoms with Crippen LogP contribution in [0.3, 0.4) is 0 Å². The third-order valence-electron chi connectivity index (χ3n) is 3.14. The van der Waals surface area contributed by atoms with Crippen LogP contribution in [0.2, 0.25) is 0 Å². The summed E-state index contributed by atoms with van der Waals surface area (Å²) in [6.45, 7) is 4.18. The number of carbonyl (C=O) groups is 1. The van der Waals surface area contributed by atoms with Crippen molar-refractivity contribution in [3.8, 4) is 0 Å². The Bertz CT molecular complexity index is 211. The molecule has 0 bridgehead atoms. The van der Waals surface area contributed by atoms with Gasteiger partial charge >= 0.3 is 5.97 Å². The molecule has 3 nitrogen and oxygen atoms in total. The smallest absolute Gasteiger partial charge is 0.333 e. The Balaban J connectivity index is 2.15. The molecule has 1 rings (SSSR count). The average molecular weight is 228 g/mol. The number of hydrogen-bond donors (Lipinski definition) is 1. The fourth-order valence-corrected chi connectivity index (χ4v) is 1.95. The topological polar surface area (TPSA) is 46.5 Å². The van der Waals surface area contributed by atoms with Crippen LogP contribution in [0.25, 0.3) is 0 Å². The number of aliphatic carboxylic acids is 1. The van der Waals surface area contributed by atoms with Crippen molar-refractivity contribution in [2.75, 3.05) is 0 Å². The second-order valence-corrected chi connectivity index (χ2v) is 4.89. The number of hydrogen-bond acceptors (Lipinski definition) is 2. The van der Waals surface area contributed by atoms with Crippen LogP contribution in [0, 0.1) is 5.92 Å². The Hall–Kier alpha value is -0.570. The molecular weight excluding hydrogens is 204 g/mol. The SMILES string of the molecule is CCCCCCC(C)OC(C(=O)O)C1CC1. The first-order valence-electron chi connectivity index (χ1n) is 6.53. The van der Waals surface area contributed by atoms with Crippen LogP contribution < -0.4 is 0 Å². The van der Waals surface area contributed by atoms with Crippen LogP contribution in [0.5, 0.6) is 0 Å². The van der Waals surface area contributed by atoms with E-state index in [9.17, 15) is 4.79 Å². The first-order chi connectivity index (χ1) is 7.65. The van der Waals surface area contributed by atoms with Gasteiger partial charge in [-0.15, -0.1) is 0 Å². The molecule has 1 saturated carbocycles. The van der Waals surface area contributed by atoms with E-state index in [1.807, 2.05) is 6.92 Å². The van der Waals surface area contributed by atoms with Crippen molar-refractivity contribution in [2.45, 2.75) is 71.0 Å². The van der Waals surface area contributed by atoms with Gasteiger partial charge in [-0.1, -0.05) is 32.6 Å². The molecule has 2 unspecified atom stereocenters. The molecule has 0 radical (unpaired) electrons. The van der Waals surface area contributed by atoms with Gasteiger partial charge in [0.05, 0.1) is 6.10 Å². The van der Waals surface area contributed by atoms with Crippen LogP contribution in [0.15, 0.2) is 0 Å². The minimum atomic E-state index is -0.789. The monoisotopic (exact) mass is 228 g/mol. The highest BCUT2D eigenvalue weighted by molar-refractivity contribution is 5.73. The molecule has 0 amide bonds. The predicted octanol–water partition coefficient (Wildman–Crippen LogP) is 3.23. The zero-order valence-electron chi connectivity index (χ0n) is 10.4. The molecule has 1 aliphatic rings. The summed E-state index contributed by atoms with van der Waals surface area (Å²) >= 11 is 0. The average Bonchev–Trinajstić information content (AvgIpc) is 3.04. The predicted molar refractivity (Wildman–Crippen MR) is 63.5 cm³/mol. The maximum atomic E-state index is 11.0. The molecule has 1 fully saturated rings. The van der Waals surface area contributed by atoms with Crippen molar-refractivity contribution in [1.82, 2.24) is 0 Å². The lowest BCUT2D eigenvalue weighted by molar-refractivity contribution is -0.155. The van der Waals surface area contributed by atoms with Crippen LogP contribution in [-0.4, -0.2) is 23.3 Å². The molecule has 94 valence electrons. The lowest BCUT2D eigenvalue weighted by atomic mass is 10.1. The fourth-order valence-electron chi connectivity index (χ4n) is 1.95.